The number of aromatic nitrogens is 1. The minimum absolute atomic E-state index is 0.194. The van der Waals surface area contributed by atoms with Gasteiger partial charge in [-0.2, -0.15) is 0 Å². The summed E-state index contributed by atoms with van der Waals surface area (Å²) in [5.74, 6) is -0.977. The van der Waals surface area contributed by atoms with Gasteiger partial charge in [-0.1, -0.05) is 36.4 Å². The molecule has 32 heavy (non-hydrogen) atoms. The molecular formula is C25H23N3O4. The second-order valence-electron chi connectivity index (χ2n) is 7.51. The average Bonchev–Trinajstić information content (AvgIpc) is 3.09. The van der Waals surface area contributed by atoms with Gasteiger partial charge in [0, 0.05) is 18.7 Å². The number of oxazole rings is 1. The Morgan fingerprint density at radius 3 is 2.56 bits per heavy atom. The van der Waals surface area contributed by atoms with Gasteiger partial charge >= 0.3 is 5.76 Å². The fourth-order valence-corrected chi connectivity index (χ4v) is 3.55. The van der Waals surface area contributed by atoms with Gasteiger partial charge in [0.2, 0.25) is 5.91 Å². The number of hydrogen-bond donors (Lipinski definition) is 2. The summed E-state index contributed by atoms with van der Waals surface area (Å²) in [7, 11) is 0. The number of hydrogen-bond acceptors (Lipinski definition) is 4. The number of benzene rings is 3. The molecule has 0 unspecified atom stereocenters. The molecule has 0 aliphatic heterocycles. The van der Waals surface area contributed by atoms with E-state index in [9.17, 15) is 14.4 Å². The summed E-state index contributed by atoms with van der Waals surface area (Å²) in [6.45, 7) is 2.31. The minimum atomic E-state index is -0.440. The zero-order chi connectivity index (χ0) is 22.5. The number of anilines is 2. The highest BCUT2D eigenvalue weighted by Gasteiger charge is 2.14. The van der Waals surface area contributed by atoms with Crippen molar-refractivity contribution in [1.82, 2.24) is 4.57 Å². The Labute approximate surface area is 184 Å². The van der Waals surface area contributed by atoms with Crippen LogP contribution in [0.4, 0.5) is 11.4 Å². The second-order valence-corrected chi connectivity index (χ2v) is 7.51. The predicted molar refractivity (Wildman–Crippen MR) is 124 cm³/mol. The molecule has 0 radical (unpaired) electrons. The molecule has 1 heterocycles. The Morgan fingerprint density at radius 1 is 0.938 bits per heavy atom. The molecule has 0 atom stereocenters. The lowest BCUT2D eigenvalue weighted by Gasteiger charge is -2.12. The fraction of sp³-hybridized carbons (Fsp3) is 0.160. The first-order valence-electron chi connectivity index (χ1n) is 10.4. The van der Waals surface area contributed by atoms with Crippen LogP contribution in [-0.4, -0.2) is 16.4 Å². The first kappa shape index (κ1) is 21.1. The summed E-state index contributed by atoms with van der Waals surface area (Å²) in [5.41, 5.74) is 3.77. The minimum Gasteiger partial charge on any atom is -0.408 e. The van der Waals surface area contributed by atoms with Crippen molar-refractivity contribution >= 4 is 34.3 Å². The van der Waals surface area contributed by atoms with Crippen LogP contribution >= 0.6 is 0 Å². The van der Waals surface area contributed by atoms with Crippen LogP contribution in [0.2, 0.25) is 0 Å². The maximum absolute atomic E-state index is 12.7. The van der Waals surface area contributed by atoms with E-state index in [-0.39, 0.29) is 18.2 Å². The predicted octanol–water partition coefficient (Wildman–Crippen LogP) is 4.57. The van der Waals surface area contributed by atoms with Gasteiger partial charge in [-0.25, -0.2) is 4.79 Å². The number of para-hydroxylation sites is 3. The molecule has 0 fully saturated rings. The van der Waals surface area contributed by atoms with E-state index >= 15 is 0 Å². The number of nitrogens with zero attached hydrogens (tertiary/aromatic N) is 1. The highest BCUT2D eigenvalue weighted by molar-refractivity contribution is 6.10. The van der Waals surface area contributed by atoms with Gasteiger partial charge in [0.1, 0.15) is 0 Å². The van der Waals surface area contributed by atoms with Gasteiger partial charge in [-0.3, -0.25) is 14.2 Å². The molecule has 0 aliphatic rings. The van der Waals surface area contributed by atoms with E-state index in [0.29, 0.717) is 41.0 Å². The van der Waals surface area contributed by atoms with Gasteiger partial charge in [-0.05, 0) is 55.3 Å². The molecule has 4 rings (SSSR count). The van der Waals surface area contributed by atoms with Crippen LogP contribution < -0.4 is 16.4 Å². The molecular weight excluding hydrogens is 406 g/mol. The molecule has 7 nitrogen and oxygen atoms in total. The van der Waals surface area contributed by atoms with Crippen LogP contribution in [-0.2, 0) is 11.3 Å². The molecule has 7 heteroatoms. The quantitative estimate of drug-likeness (QED) is 0.450. The first-order chi connectivity index (χ1) is 15.5. The summed E-state index contributed by atoms with van der Waals surface area (Å²) in [5, 5.41) is 5.67. The Kier molecular flexibility index (Phi) is 6.17. The van der Waals surface area contributed by atoms with Gasteiger partial charge < -0.3 is 15.1 Å². The van der Waals surface area contributed by atoms with E-state index in [2.05, 4.69) is 10.6 Å². The maximum Gasteiger partial charge on any atom is 0.419 e. The molecule has 0 saturated carbocycles. The van der Waals surface area contributed by atoms with Crippen molar-refractivity contribution in [3.8, 4) is 0 Å². The molecule has 0 saturated heterocycles. The molecule has 0 spiro atoms. The lowest BCUT2D eigenvalue weighted by molar-refractivity contribution is -0.116. The Morgan fingerprint density at radius 2 is 1.72 bits per heavy atom. The normalized spacial score (nSPS) is 10.8. The zero-order valence-corrected chi connectivity index (χ0v) is 17.6. The molecule has 0 aliphatic carbocycles. The number of carbonyl (C=O) groups excluding carboxylic acids is 2. The van der Waals surface area contributed by atoms with Crippen molar-refractivity contribution in [1.29, 1.82) is 0 Å². The molecule has 0 bridgehead atoms. The number of fused-ring (bicyclic) bond motifs is 1. The fourth-order valence-electron chi connectivity index (χ4n) is 3.55. The highest BCUT2D eigenvalue weighted by Crippen LogP contribution is 2.19. The topological polar surface area (TPSA) is 93.3 Å². The number of nitrogens with one attached hydrogen (secondary N) is 2. The number of amides is 2. The average molecular weight is 429 g/mol. The highest BCUT2D eigenvalue weighted by atomic mass is 16.4. The third-order valence-electron chi connectivity index (χ3n) is 5.08. The summed E-state index contributed by atoms with van der Waals surface area (Å²) < 4.78 is 6.73. The van der Waals surface area contributed by atoms with E-state index in [0.717, 1.165) is 5.56 Å². The molecule has 4 aromatic rings. The standard InChI is InChI=1S/C25H23N3O4/c1-17-8-6-9-18(16-17)26-24(30)19-10-2-3-11-20(19)27-23(29)14-7-15-28-21-12-4-5-13-22(21)32-25(28)31/h2-6,8-13,16H,7,14-15H2,1H3,(H,26,30)(H,27,29). The summed E-state index contributed by atoms with van der Waals surface area (Å²) in [6, 6.07) is 21.5. The first-order valence-corrected chi connectivity index (χ1v) is 10.4. The van der Waals surface area contributed by atoms with Crippen molar-refractivity contribution in [2.75, 3.05) is 10.6 Å². The lowest BCUT2D eigenvalue weighted by Crippen LogP contribution is -2.19. The summed E-state index contributed by atoms with van der Waals surface area (Å²) in [4.78, 5) is 37.3. The zero-order valence-electron chi connectivity index (χ0n) is 17.6. The van der Waals surface area contributed by atoms with Crippen LogP contribution in [0.1, 0.15) is 28.8 Å². The number of aryl methyl sites for hydroxylation is 2. The number of rotatable bonds is 7. The maximum atomic E-state index is 12.7. The summed E-state index contributed by atoms with van der Waals surface area (Å²) in [6.07, 6.45) is 0.646. The van der Waals surface area contributed by atoms with Crippen LogP contribution in [0.5, 0.6) is 0 Å². The van der Waals surface area contributed by atoms with Crippen LogP contribution in [0.25, 0.3) is 11.1 Å². The van der Waals surface area contributed by atoms with E-state index in [4.69, 9.17) is 4.42 Å². The lowest BCUT2D eigenvalue weighted by atomic mass is 10.1. The molecule has 162 valence electrons. The van der Waals surface area contributed by atoms with E-state index < -0.39 is 5.76 Å². The largest absolute Gasteiger partial charge is 0.419 e. The Bertz CT molecular complexity index is 1340. The van der Waals surface area contributed by atoms with Gasteiger partial charge in [0.25, 0.3) is 5.91 Å². The third kappa shape index (κ3) is 4.78. The third-order valence-corrected chi connectivity index (χ3v) is 5.08. The van der Waals surface area contributed by atoms with Crippen molar-refractivity contribution < 1.29 is 14.0 Å². The van der Waals surface area contributed by atoms with Crippen molar-refractivity contribution in [2.24, 2.45) is 0 Å². The molecule has 2 N–H and O–H groups in total. The molecule has 2 amide bonds. The Balaban J connectivity index is 1.39. The van der Waals surface area contributed by atoms with Crippen LogP contribution in [0.15, 0.2) is 82.0 Å². The van der Waals surface area contributed by atoms with E-state index in [1.807, 2.05) is 43.3 Å². The SMILES string of the molecule is Cc1cccc(NC(=O)c2ccccc2NC(=O)CCCn2c(=O)oc3ccccc32)c1. The smallest absolute Gasteiger partial charge is 0.408 e. The van der Waals surface area contributed by atoms with Crippen LogP contribution in [0.3, 0.4) is 0 Å². The van der Waals surface area contributed by atoms with Crippen molar-refractivity contribution in [2.45, 2.75) is 26.3 Å². The van der Waals surface area contributed by atoms with E-state index in [1.54, 1.807) is 36.4 Å². The molecule has 3 aromatic carbocycles. The van der Waals surface area contributed by atoms with Crippen molar-refractivity contribution in [3.05, 3.63) is 94.5 Å². The monoisotopic (exact) mass is 429 g/mol. The molecule has 1 aromatic heterocycles. The second kappa shape index (κ2) is 9.34. The summed E-state index contributed by atoms with van der Waals surface area (Å²) >= 11 is 0. The number of carbonyl (C=O) groups is 2. The van der Waals surface area contributed by atoms with Gasteiger partial charge in [0.15, 0.2) is 5.58 Å². The van der Waals surface area contributed by atoms with Gasteiger partial charge in [0.05, 0.1) is 16.8 Å². The van der Waals surface area contributed by atoms with Crippen molar-refractivity contribution in [3.63, 3.8) is 0 Å². The Hall–Kier alpha value is -4.13. The van der Waals surface area contributed by atoms with Gasteiger partial charge in [-0.15, -0.1) is 0 Å². The van der Waals surface area contributed by atoms with Crippen LogP contribution in [0, 0.1) is 6.92 Å². The van der Waals surface area contributed by atoms with E-state index in [1.165, 1.54) is 4.57 Å².